The average Bonchev–Trinajstić information content (AvgIpc) is 3.00. The molecule has 0 aliphatic heterocycles. The number of pyridine rings is 2. The zero-order chi connectivity index (χ0) is 18.8. The summed E-state index contributed by atoms with van der Waals surface area (Å²) in [6.07, 6.45) is 5.29. The van der Waals surface area contributed by atoms with Gasteiger partial charge in [-0.3, -0.25) is 14.7 Å². The molecule has 0 aliphatic carbocycles. The summed E-state index contributed by atoms with van der Waals surface area (Å²) < 4.78 is 1.86. The van der Waals surface area contributed by atoms with Gasteiger partial charge >= 0.3 is 6.03 Å². The maximum Gasteiger partial charge on any atom is 0.324 e. The van der Waals surface area contributed by atoms with Crippen molar-refractivity contribution in [2.24, 2.45) is 0 Å². The lowest BCUT2D eigenvalue weighted by molar-refractivity contribution is 0.262. The Morgan fingerprint density at radius 2 is 1.70 bits per heavy atom. The first kappa shape index (κ1) is 16.8. The predicted molar refractivity (Wildman–Crippen MR) is 107 cm³/mol. The van der Waals surface area contributed by atoms with Crippen molar-refractivity contribution in [1.82, 2.24) is 14.4 Å². The Kier molecular flexibility index (Phi) is 4.30. The van der Waals surface area contributed by atoms with Gasteiger partial charge in [-0.15, -0.1) is 0 Å². The van der Waals surface area contributed by atoms with Gasteiger partial charge in [-0.05, 0) is 61.4 Å². The van der Waals surface area contributed by atoms with E-state index in [1.807, 2.05) is 66.9 Å². The van der Waals surface area contributed by atoms with Gasteiger partial charge in [0.05, 0.1) is 0 Å². The van der Waals surface area contributed by atoms with Crippen LogP contribution in [-0.4, -0.2) is 20.4 Å². The van der Waals surface area contributed by atoms with Crippen LogP contribution in [0.2, 0.25) is 0 Å². The fraction of sp³-hybridized carbons (Fsp3) is 0.0952. The molecule has 0 fully saturated rings. The summed E-state index contributed by atoms with van der Waals surface area (Å²) >= 11 is 0. The van der Waals surface area contributed by atoms with Crippen LogP contribution in [0.1, 0.15) is 11.1 Å². The fourth-order valence-corrected chi connectivity index (χ4v) is 3.14. The van der Waals surface area contributed by atoms with Crippen LogP contribution in [-0.2, 0) is 0 Å². The number of hydrogen-bond donors (Lipinski definition) is 2. The molecular formula is C21H19N5O. The Balaban J connectivity index is 1.69. The molecule has 4 rings (SSSR count). The van der Waals surface area contributed by atoms with Crippen molar-refractivity contribution >= 4 is 23.2 Å². The van der Waals surface area contributed by atoms with Gasteiger partial charge in [0.1, 0.15) is 17.2 Å². The van der Waals surface area contributed by atoms with Crippen molar-refractivity contribution in [2.45, 2.75) is 13.8 Å². The van der Waals surface area contributed by atoms with Gasteiger partial charge in [0, 0.05) is 29.8 Å². The number of hydrogen-bond acceptors (Lipinski definition) is 3. The summed E-state index contributed by atoms with van der Waals surface area (Å²) in [5.74, 6) is 0.610. The lowest BCUT2D eigenvalue weighted by Crippen LogP contribution is -2.21. The Labute approximate surface area is 156 Å². The number of aromatic nitrogens is 3. The lowest BCUT2D eigenvalue weighted by atomic mass is 10.1. The Hall–Kier alpha value is -3.67. The van der Waals surface area contributed by atoms with E-state index in [0.717, 1.165) is 28.0 Å². The number of amides is 2. The molecule has 0 atom stereocenters. The van der Waals surface area contributed by atoms with E-state index in [1.54, 1.807) is 12.4 Å². The van der Waals surface area contributed by atoms with E-state index in [0.29, 0.717) is 11.5 Å². The molecule has 134 valence electrons. The first-order chi connectivity index (χ1) is 13.1. The topological polar surface area (TPSA) is 71.3 Å². The molecule has 0 spiro atoms. The normalized spacial score (nSPS) is 10.7. The Morgan fingerprint density at radius 1 is 0.963 bits per heavy atom. The number of fused-ring (bicyclic) bond motifs is 1. The van der Waals surface area contributed by atoms with Gasteiger partial charge in [-0.1, -0.05) is 12.1 Å². The van der Waals surface area contributed by atoms with Crippen molar-refractivity contribution < 1.29 is 4.79 Å². The van der Waals surface area contributed by atoms with Crippen molar-refractivity contribution in [3.63, 3.8) is 0 Å². The van der Waals surface area contributed by atoms with Crippen molar-refractivity contribution in [2.75, 3.05) is 10.6 Å². The third-order valence-electron chi connectivity index (χ3n) is 4.20. The van der Waals surface area contributed by atoms with Crippen molar-refractivity contribution in [1.29, 1.82) is 0 Å². The number of imidazole rings is 1. The highest BCUT2D eigenvalue weighted by Gasteiger charge is 2.16. The number of carbonyl (C=O) groups excluding carboxylic acids is 1. The van der Waals surface area contributed by atoms with Crippen LogP contribution < -0.4 is 10.6 Å². The number of rotatable bonds is 3. The minimum Gasteiger partial charge on any atom is -0.308 e. The average molecular weight is 357 g/mol. The first-order valence-corrected chi connectivity index (χ1v) is 8.64. The molecule has 6 heteroatoms. The number of nitrogens with zero attached hydrogens (tertiary/aromatic N) is 3. The van der Waals surface area contributed by atoms with E-state index >= 15 is 0 Å². The van der Waals surface area contributed by atoms with Crippen LogP contribution in [0.25, 0.3) is 16.9 Å². The predicted octanol–water partition coefficient (Wildman–Crippen LogP) is 4.66. The minimum atomic E-state index is -0.319. The van der Waals surface area contributed by atoms with Crippen LogP contribution >= 0.6 is 0 Å². The highest BCUT2D eigenvalue weighted by molar-refractivity contribution is 6.01. The summed E-state index contributed by atoms with van der Waals surface area (Å²) in [5, 5.41) is 5.85. The first-order valence-electron chi connectivity index (χ1n) is 8.64. The molecule has 0 aliphatic rings. The monoisotopic (exact) mass is 357 g/mol. The molecule has 0 saturated carbocycles. The van der Waals surface area contributed by atoms with E-state index in [2.05, 4.69) is 26.7 Å². The molecule has 2 amide bonds. The van der Waals surface area contributed by atoms with E-state index < -0.39 is 0 Å². The molecule has 3 aromatic heterocycles. The van der Waals surface area contributed by atoms with E-state index in [4.69, 9.17) is 0 Å². The highest BCUT2D eigenvalue weighted by atomic mass is 16.2. The Bertz CT molecular complexity index is 1100. The standard InChI is InChI=1S/C21H19N5O/c1-14-11-15(2)13-17(12-14)23-21(27)25-20-19(16-6-8-22-9-7-16)24-18-5-3-4-10-26(18)20/h3-13H,1-2H3,(H2,23,25,27). The van der Waals surface area contributed by atoms with Crippen LogP contribution in [0.5, 0.6) is 0 Å². The molecule has 4 aromatic rings. The molecule has 6 nitrogen and oxygen atoms in total. The quantitative estimate of drug-likeness (QED) is 0.560. The highest BCUT2D eigenvalue weighted by Crippen LogP contribution is 2.28. The maximum atomic E-state index is 12.7. The van der Waals surface area contributed by atoms with Gasteiger partial charge in [-0.25, -0.2) is 9.78 Å². The zero-order valence-corrected chi connectivity index (χ0v) is 15.1. The fourth-order valence-electron chi connectivity index (χ4n) is 3.14. The van der Waals surface area contributed by atoms with E-state index in [9.17, 15) is 4.79 Å². The second-order valence-electron chi connectivity index (χ2n) is 6.43. The van der Waals surface area contributed by atoms with Crippen LogP contribution in [0.3, 0.4) is 0 Å². The third kappa shape index (κ3) is 3.50. The van der Waals surface area contributed by atoms with Gasteiger partial charge in [0.2, 0.25) is 0 Å². The van der Waals surface area contributed by atoms with Gasteiger partial charge < -0.3 is 5.32 Å². The molecule has 0 bridgehead atoms. The molecule has 2 N–H and O–H groups in total. The number of anilines is 2. The van der Waals surface area contributed by atoms with Crippen molar-refractivity contribution in [3.05, 3.63) is 78.2 Å². The third-order valence-corrected chi connectivity index (χ3v) is 4.20. The summed E-state index contributed by atoms with van der Waals surface area (Å²) in [6.45, 7) is 4.00. The second-order valence-corrected chi connectivity index (χ2v) is 6.43. The summed E-state index contributed by atoms with van der Waals surface area (Å²) in [7, 11) is 0. The summed E-state index contributed by atoms with van der Waals surface area (Å²) in [5.41, 5.74) is 5.28. The number of aryl methyl sites for hydroxylation is 2. The number of benzene rings is 1. The molecule has 1 aromatic carbocycles. The number of urea groups is 1. The summed E-state index contributed by atoms with van der Waals surface area (Å²) in [6, 6.07) is 15.1. The number of nitrogens with one attached hydrogen (secondary N) is 2. The molecule has 3 heterocycles. The van der Waals surface area contributed by atoms with Crippen LogP contribution in [0.4, 0.5) is 16.3 Å². The molecule has 0 saturated heterocycles. The second kappa shape index (κ2) is 6.92. The van der Waals surface area contributed by atoms with E-state index in [1.165, 1.54) is 0 Å². The zero-order valence-electron chi connectivity index (χ0n) is 15.1. The Morgan fingerprint density at radius 3 is 2.44 bits per heavy atom. The largest absolute Gasteiger partial charge is 0.324 e. The van der Waals surface area contributed by atoms with Gasteiger partial charge in [0.15, 0.2) is 0 Å². The van der Waals surface area contributed by atoms with Gasteiger partial charge in [-0.2, -0.15) is 0 Å². The molecule has 0 radical (unpaired) electrons. The molecular weight excluding hydrogens is 338 g/mol. The SMILES string of the molecule is Cc1cc(C)cc(NC(=O)Nc2c(-c3ccncc3)nc3ccccn23)c1. The lowest BCUT2D eigenvalue weighted by Gasteiger charge is -2.10. The summed E-state index contributed by atoms with van der Waals surface area (Å²) in [4.78, 5) is 21.4. The molecule has 0 unspecified atom stereocenters. The van der Waals surface area contributed by atoms with Gasteiger partial charge in [0.25, 0.3) is 0 Å². The maximum absolute atomic E-state index is 12.7. The molecule has 27 heavy (non-hydrogen) atoms. The van der Waals surface area contributed by atoms with Crippen molar-refractivity contribution in [3.8, 4) is 11.3 Å². The number of carbonyl (C=O) groups is 1. The van der Waals surface area contributed by atoms with Crippen LogP contribution in [0, 0.1) is 13.8 Å². The smallest absolute Gasteiger partial charge is 0.308 e. The van der Waals surface area contributed by atoms with Crippen LogP contribution in [0.15, 0.2) is 67.1 Å². The minimum absolute atomic E-state index is 0.319. The van der Waals surface area contributed by atoms with E-state index in [-0.39, 0.29) is 6.03 Å².